The molecule has 0 saturated carbocycles. The molecule has 0 atom stereocenters. The number of hydroxylamine groups is 1. The van der Waals surface area contributed by atoms with Crippen molar-refractivity contribution in [3.63, 3.8) is 0 Å². The van der Waals surface area contributed by atoms with Crippen molar-refractivity contribution in [1.29, 1.82) is 0 Å². The molecule has 5 N–H and O–H groups in total. The molecular weight excluding hydrogens is 186 g/mol. The van der Waals surface area contributed by atoms with Crippen LogP contribution in [0.5, 0.6) is 5.75 Å². The van der Waals surface area contributed by atoms with E-state index in [1.165, 1.54) is 6.07 Å². The van der Waals surface area contributed by atoms with E-state index in [0.29, 0.717) is 5.69 Å². The predicted molar refractivity (Wildman–Crippen MR) is 48.8 cm³/mol. The van der Waals surface area contributed by atoms with Gasteiger partial charge in [-0.2, -0.15) is 5.48 Å². The maximum atomic E-state index is 10.7. The van der Waals surface area contributed by atoms with E-state index in [1.54, 1.807) is 18.2 Å². The molecule has 1 aromatic carbocycles. The number of benzene rings is 1. The standard InChI is InChI=1S/C8H9N3O3/c9-5-3-1-2-4-6(5)14-11-8(13)7(10)12/h1-4H,9H2,(H2,10,12)(H,11,13). The molecule has 1 rings (SSSR count). The number of nitrogens with one attached hydrogen (secondary N) is 1. The van der Waals surface area contributed by atoms with Gasteiger partial charge in [-0.3, -0.25) is 9.59 Å². The number of rotatable bonds is 2. The van der Waals surface area contributed by atoms with Crippen LogP contribution in [0.4, 0.5) is 5.69 Å². The molecule has 0 fully saturated rings. The highest BCUT2D eigenvalue weighted by Gasteiger charge is 2.09. The Balaban J connectivity index is 2.58. The molecule has 0 aliphatic carbocycles. The van der Waals surface area contributed by atoms with Crippen molar-refractivity contribution in [2.45, 2.75) is 0 Å². The molecule has 74 valence electrons. The van der Waals surface area contributed by atoms with Gasteiger partial charge < -0.3 is 16.3 Å². The highest BCUT2D eigenvalue weighted by atomic mass is 16.7. The van der Waals surface area contributed by atoms with E-state index in [1.807, 2.05) is 5.48 Å². The number of para-hydroxylation sites is 2. The molecule has 14 heavy (non-hydrogen) atoms. The van der Waals surface area contributed by atoms with Gasteiger partial charge in [-0.25, -0.2) is 0 Å². The van der Waals surface area contributed by atoms with E-state index >= 15 is 0 Å². The maximum absolute atomic E-state index is 10.7. The van der Waals surface area contributed by atoms with Crippen molar-refractivity contribution < 1.29 is 14.4 Å². The number of nitrogens with two attached hydrogens (primary N) is 2. The van der Waals surface area contributed by atoms with Crippen molar-refractivity contribution in [3.8, 4) is 5.75 Å². The number of carbonyl (C=O) groups is 2. The summed E-state index contributed by atoms with van der Waals surface area (Å²) >= 11 is 0. The Morgan fingerprint density at radius 1 is 1.29 bits per heavy atom. The van der Waals surface area contributed by atoms with Gasteiger partial charge in [0.25, 0.3) is 0 Å². The second-order valence-corrected chi connectivity index (χ2v) is 2.44. The summed E-state index contributed by atoms with van der Waals surface area (Å²) in [4.78, 5) is 25.7. The Bertz CT molecular complexity index is 365. The van der Waals surface area contributed by atoms with Crippen molar-refractivity contribution in [1.82, 2.24) is 5.48 Å². The van der Waals surface area contributed by atoms with Crippen LogP contribution in [0.1, 0.15) is 0 Å². The molecule has 6 heteroatoms. The quantitative estimate of drug-likeness (QED) is 0.325. The number of amides is 2. The first-order chi connectivity index (χ1) is 6.61. The van der Waals surface area contributed by atoms with Gasteiger partial charge in [0.2, 0.25) is 0 Å². The fraction of sp³-hybridized carbons (Fsp3) is 0. The van der Waals surface area contributed by atoms with Crippen molar-refractivity contribution in [2.75, 3.05) is 5.73 Å². The zero-order valence-corrected chi connectivity index (χ0v) is 7.19. The minimum absolute atomic E-state index is 0.252. The lowest BCUT2D eigenvalue weighted by Gasteiger charge is -2.06. The van der Waals surface area contributed by atoms with Crippen LogP contribution in [0.25, 0.3) is 0 Å². The van der Waals surface area contributed by atoms with Gasteiger partial charge >= 0.3 is 11.8 Å². The Kier molecular flexibility index (Phi) is 2.90. The van der Waals surface area contributed by atoms with Gasteiger partial charge in [0.15, 0.2) is 5.75 Å². The number of nitrogen functional groups attached to an aromatic ring is 1. The van der Waals surface area contributed by atoms with E-state index in [0.717, 1.165) is 0 Å². The lowest BCUT2D eigenvalue weighted by molar-refractivity contribution is -0.141. The zero-order valence-electron chi connectivity index (χ0n) is 7.19. The molecule has 0 unspecified atom stereocenters. The fourth-order valence-corrected chi connectivity index (χ4v) is 0.725. The summed E-state index contributed by atoms with van der Waals surface area (Å²) in [7, 11) is 0. The molecule has 0 bridgehead atoms. The molecule has 0 heterocycles. The minimum Gasteiger partial charge on any atom is -0.396 e. The van der Waals surface area contributed by atoms with E-state index in [-0.39, 0.29) is 5.75 Å². The summed E-state index contributed by atoms with van der Waals surface area (Å²) < 4.78 is 0. The smallest absolute Gasteiger partial charge is 0.341 e. The van der Waals surface area contributed by atoms with Crippen LogP contribution in [-0.4, -0.2) is 11.8 Å². The highest BCUT2D eigenvalue weighted by Crippen LogP contribution is 2.18. The molecule has 0 spiro atoms. The summed E-state index contributed by atoms with van der Waals surface area (Å²) in [6.45, 7) is 0. The largest absolute Gasteiger partial charge is 0.396 e. The Labute approximate surface area is 79.8 Å². The summed E-state index contributed by atoms with van der Waals surface area (Å²) in [5, 5.41) is 0. The van der Waals surface area contributed by atoms with Crippen LogP contribution in [0, 0.1) is 0 Å². The van der Waals surface area contributed by atoms with Crippen molar-refractivity contribution in [3.05, 3.63) is 24.3 Å². The molecule has 0 aromatic heterocycles. The first-order valence-corrected chi connectivity index (χ1v) is 3.72. The maximum Gasteiger partial charge on any atom is 0.341 e. The fourth-order valence-electron chi connectivity index (χ4n) is 0.725. The van der Waals surface area contributed by atoms with Crippen LogP contribution in [0.15, 0.2) is 24.3 Å². The third-order valence-electron chi connectivity index (χ3n) is 1.40. The van der Waals surface area contributed by atoms with Gasteiger partial charge in [-0.1, -0.05) is 12.1 Å². The predicted octanol–water partition coefficient (Wildman–Crippen LogP) is -0.836. The third-order valence-corrected chi connectivity index (χ3v) is 1.40. The van der Waals surface area contributed by atoms with E-state index < -0.39 is 11.8 Å². The highest BCUT2D eigenvalue weighted by molar-refractivity contribution is 6.34. The second kappa shape index (κ2) is 4.13. The van der Waals surface area contributed by atoms with Crippen molar-refractivity contribution in [2.24, 2.45) is 5.73 Å². The van der Waals surface area contributed by atoms with Gasteiger partial charge in [-0.05, 0) is 12.1 Å². The first kappa shape index (κ1) is 9.85. The Morgan fingerprint density at radius 2 is 1.93 bits per heavy atom. The zero-order chi connectivity index (χ0) is 10.6. The average Bonchev–Trinajstić information content (AvgIpc) is 2.16. The topological polar surface area (TPSA) is 107 Å². The van der Waals surface area contributed by atoms with Gasteiger partial charge in [0.1, 0.15) is 0 Å². The average molecular weight is 195 g/mol. The number of anilines is 1. The molecule has 2 amide bonds. The SMILES string of the molecule is NC(=O)C(=O)NOc1ccccc1N. The number of carbonyl (C=O) groups excluding carboxylic acids is 2. The van der Waals surface area contributed by atoms with E-state index in [9.17, 15) is 9.59 Å². The van der Waals surface area contributed by atoms with Crippen LogP contribution < -0.4 is 21.8 Å². The molecule has 1 aromatic rings. The van der Waals surface area contributed by atoms with Gasteiger partial charge in [-0.15, -0.1) is 0 Å². The lowest BCUT2D eigenvalue weighted by atomic mass is 10.3. The monoisotopic (exact) mass is 195 g/mol. The second-order valence-electron chi connectivity index (χ2n) is 2.44. The van der Waals surface area contributed by atoms with Crippen LogP contribution in [0.2, 0.25) is 0 Å². The minimum atomic E-state index is -1.13. The molecular formula is C8H9N3O3. The Hall–Kier alpha value is -2.24. The first-order valence-electron chi connectivity index (χ1n) is 3.72. The van der Waals surface area contributed by atoms with Crippen LogP contribution in [0.3, 0.4) is 0 Å². The molecule has 0 radical (unpaired) electrons. The number of hydrogen-bond donors (Lipinski definition) is 3. The molecule has 0 aliphatic rings. The van der Waals surface area contributed by atoms with E-state index in [4.69, 9.17) is 10.6 Å². The molecule has 0 saturated heterocycles. The number of hydrogen-bond acceptors (Lipinski definition) is 4. The molecule has 0 aliphatic heterocycles. The van der Waals surface area contributed by atoms with Gasteiger partial charge in [0.05, 0.1) is 5.69 Å². The normalized spacial score (nSPS) is 9.14. The number of primary amides is 1. The molecule has 6 nitrogen and oxygen atoms in total. The summed E-state index contributed by atoms with van der Waals surface area (Å²) in [5.41, 5.74) is 12.4. The van der Waals surface area contributed by atoms with Crippen molar-refractivity contribution >= 4 is 17.5 Å². The third kappa shape index (κ3) is 2.37. The summed E-state index contributed by atoms with van der Waals surface area (Å²) in [6.07, 6.45) is 0. The van der Waals surface area contributed by atoms with Crippen LogP contribution in [-0.2, 0) is 9.59 Å². The summed E-state index contributed by atoms with van der Waals surface area (Å²) in [6, 6.07) is 6.50. The summed E-state index contributed by atoms with van der Waals surface area (Å²) in [5.74, 6) is -1.91. The lowest BCUT2D eigenvalue weighted by Crippen LogP contribution is -2.38. The van der Waals surface area contributed by atoms with E-state index in [2.05, 4.69) is 5.73 Å². The Morgan fingerprint density at radius 3 is 2.50 bits per heavy atom. The van der Waals surface area contributed by atoms with Crippen LogP contribution >= 0.6 is 0 Å². The van der Waals surface area contributed by atoms with Gasteiger partial charge in [0, 0.05) is 0 Å².